The van der Waals surface area contributed by atoms with Gasteiger partial charge in [0.1, 0.15) is 0 Å². The lowest BCUT2D eigenvalue weighted by atomic mass is 9.79. The van der Waals surface area contributed by atoms with Crippen molar-refractivity contribution in [1.82, 2.24) is 0 Å². The van der Waals surface area contributed by atoms with Crippen LogP contribution in [0.5, 0.6) is 0 Å². The first-order valence-electron chi connectivity index (χ1n) is 9.76. The van der Waals surface area contributed by atoms with Crippen LogP contribution < -0.4 is 5.32 Å². The zero-order chi connectivity index (χ0) is 18.9. The molecule has 0 saturated carbocycles. The SMILES string of the molecule is C=C1c2cccc(C)c2[C@@](C)(Nc2ccccc2)[C@H]1CCc1ccccc1. The van der Waals surface area contributed by atoms with Crippen LogP contribution >= 0.6 is 0 Å². The quantitative estimate of drug-likeness (QED) is 0.545. The molecule has 0 heterocycles. The van der Waals surface area contributed by atoms with Crippen LogP contribution in [0.3, 0.4) is 0 Å². The van der Waals surface area contributed by atoms with Crippen molar-refractivity contribution in [2.75, 3.05) is 5.32 Å². The zero-order valence-corrected chi connectivity index (χ0v) is 16.2. The Balaban J connectivity index is 1.72. The predicted octanol–water partition coefficient (Wildman–Crippen LogP) is 6.60. The highest BCUT2D eigenvalue weighted by Gasteiger charge is 2.45. The van der Waals surface area contributed by atoms with Gasteiger partial charge in [0.15, 0.2) is 0 Å². The highest BCUT2D eigenvalue weighted by atomic mass is 15.0. The molecule has 0 amide bonds. The Kier molecular flexibility index (Phi) is 4.61. The zero-order valence-electron chi connectivity index (χ0n) is 16.2. The second-order valence-electron chi connectivity index (χ2n) is 7.79. The summed E-state index contributed by atoms with van der Waals surface area (Å²) >= 11 is 0. The first-order chi connectivity index (χ1) is 13.1. The van der Waals surface area contributed by atoms with E-state index in [1.165, 1.54) is 27.8 Å². The Bertz CT molecular complexity index is 942. The lowest BCUT2D eigenvalue weighted by Crippen LogP contribution is -2.37. The van der Waals surface area contributed by atoms with E-state index in [1.807, 2.05) is 0 Å². The molecule has 0 radical (unpaired) electrons. The fourth-order valence-corrected chi connectivity index (χ4v) is 4.72. The number of rotatable bonds is 5. The average Bonchev–Trinajstić information content (AvgIpc) is 2.90. The fraction of sp³-hybridized carbons (Fsp3) is 0.231. The minimum absolute atomic E-state index is 0.159. The van der Waals surface area contributed by atoms with Crippen molar-refractivity contribution in [2.45, 2.75) is 32.2 Å². The van der Waals surface area contributed by atoms with Crippen molar-refractivity contribution in [3.05, 3.63) is 108 Å². The summed E-state index contributed by atoms with van der Waals surface area (Å²) in [4.78, 5) is 0. The van der Waals surface area contributed by atoms with Gasteiger partial charge in [-0.2, -0.15) is 0 Å². The molecule has 0 saturated heterocycles. The molecule has 0 fully saturated rings. The van der Waals surface area contributed by atoms with Crippen LogP contribution in [0.1, 0.15) is 35.6 Å². The standard InChI is InChI=1S/C26H27N/c1-19-11-10-16-23-20(2)24(18-17-21-12-6-4-7-13-21)26(3,25(19)23)27-22-14-8-5-9-15-22/h4-16,24,27H,2,17-18H2,1,3H3/t24-,26-/m0/s1. The van der Waals surface area contributed by atoms with Gasteiger partial charge in [-0.3, -0.25) is 0 Å². The first kappa shape index (κ1) is 17.6. The third-order valence-electron chi connectivity index (χ3n) is 6.00. The smallest absolute Gasteiger partial charge is 0.0674 e. The Morgan fingerprint density at radius 2 is 1.56 bits per heavy atom. The molecule has 1 nitrogen and oxygen atoms in total. The average molecular weight is 354 g/mol. The molecule has 3 aromatic carbocycles. The van der Waals surface area contributed by atoms with E-state index < -0.39 is 0 Å². The molecule has 0 aromatic heterocycles. The lowest BCUT2D eigenvalue weighted by molar-refractivity contribution is 0.403. The highest BCUT2D eigenvalue weighted by Crippen LogP contribution is 2.52. The second kappa shape index (κ2) is 7.08. The summed E-state index contributed by atoms with van der Waals surface area (Å²) in [5.74, 6) is 0.356. The molecule has 1 N–H and O–H groups in total. The molecule has 0 bridgehead atoms. The van der Waals surface area contributed by atoms with E-state index in [9.17, 15) is 0 Å². The summed E-state index contributed by atoms with van der Waals surface area (Å²) in [6.45, 7) is 9.09. The number of anilines is 1. The molecule has 0 unspecified atom stereocenters. The van der Waals surface area contributed by atoms with Crippen LogP contribution in [0.25, 0.3) is 5.57 Å². The Morgan fingerprint density at radius 1 is 0.889 bits per heavy atom. The van der Waals surface area contributed by atoms with Crippen molar-refractivity contribution >= 4 is 11.3 Å². The first-order valence-corrected chi connectivity index (χ1v) is 9.76. The van der Waals surface area contributed by atoms with E-state index >= 15 is 0 Å². The molecule has 4 rings (SSSR count). The van der Waals surface area contributed by atoms with Gasteiger partial charge < -0.3 is 5.32 Å². The van der Waals surface area contributed by atoms with E-state index in [2.05, 4.69) is 105 Å². The fourth-order valence-electron chi connectivity index (χ4n) is 4.72. The Hall–Kier alpha value is -2.80. The highest BCUT2D eigenvalue weighted by molar-refractivity contribution is 5.79. The normalized spacial score (nSPS) is 21.1. The van der Waals surface area contributed by atoms with Crippen LogP contribution in [-0.4, -0.2) is 0 Å². The van der Waals surface area contributed by atoms with Crippen LogP contribution in [0.4, 0.5) is 5.69 Å². The molecule has 3 aromatic rings. The van der Waals surface area contributed by atoms with Gasteiger partial charge in [-0.25, -0.2) is 0 Å². The molecule has 0 spiro atoms. The van der Waals surface area contributed by atoms with Crippen molar-refractivity contribution in [1.29, 1.82) is 0 Å². The van der Waals surface area contributed by atoms with Crippen molar-refractivity contribution < 1.29 is 0 Å². The minimum atomic E-state index is -0.159. The van der Waals surface area contributed by atoms with Crippen molar-refractivity contribution in [2.24, 2.45) is 5.92 Å². The number of para-hydroxylation sites is 1. The van der Waals surface area contributed by atoms with Gasteiger partial charge >= 0.3 is 0 Å². The summed E-state index contributed by atoms with van der Waals surface area (Å²) in [5, 5.41) is 3.87. The van der Waals surface area contributed by atoms with Gasteiger partial charge in [-0.05, 0) is 66.6 Å². The molecule has 136 valence electrons. The largest absolute Gasteiger partial charge is 0.375 e. The van der Waals surface area contributed by atoms with Gasteiger partial charge in [-0.1, -0.05) is 73.3 Å². The monoisotopic (exact) mass is 353 g/mol. The van der Waals surface area contributed by atoms with E-state index in [4.69, 9.17) is 0 Å². The van der Waals surface area contributed by atoms with E-state index in [-0.39, 0.29) is 5.54 Å². The maximum absolute atomic E-state index is 4.53. The van der Waals surface area contributed by atoms with Gasteiger partial charge in [-0.15, -0.1) is 0 Å². The molecule has 2 atom stereocenters. The number of aryl methyl sites for hydroxylation is 2. The number of benzene rings is 3. The Morgan fingerprint density at radius 3 is 2.26 bits per heavy atom. The minimum Gasteiger partial charge on any atom is -0.375 e. The predicted molar refractivity (Wildman–Crippen MR) is 116 cm³/mol. The third-order valence-corrected chi connectivity index (χ3v) is 6.00. The Labute approximate surface area is 162 Å². The molecule has 1 aliphatic carbocycles. The van der Waals surface area contributed by atoms with Crippen molar-refractivity contribution in [3.8, 4) is 0 Å². The summed E-state index contributed by atoms with van der Waals surface area (Å²) in [7, 11) is 0. The summed E-state index contributed by atoms with van der Waals surface area (Å²) in [6, 6.07) is 27.9. The van der Waals surface area contributed by atoms with E-state index in [0.29, 0.717) is 5.92 Å². The van der Waals surface area contributed by atoms with E-state index in [0.717, 1.165) is 18.5 Å². The van der Waals surface area contributed by atoms with Gasteiger partial charge in [0.2, 0.25) is 0 Å². The van der Waals surface area contributed by atoms with E-state index in [1.54, 1.807) is 0 Å². The number of fused-ring (bicyclic) bond motifs is 1. The summed E-state index contributed by atoms with van der Waals surface area (Å²) in [6.07, 6.45) is 2.14. The molecular formula is C26H27N. The van der Waals surface area contributed by atoms with Gasteiger partial charge in [0.25, 0.3) is 0 Å². The molecule has 0 aliphatic heterocycles. The number of hydrogen-bond donors (Lipinski definition) is 1. The van der Waals surface area contributed by atoms with Crippen LogP contribution in [0, 0.1) is 12.8 Å². The lowest BCUT2D eigenvalue weighted by Gasteiger charge is -2.36. The maximum atomic E-state index is 4.53. The second-order valence-corrected chi connectivity index (χ2v) is 7.79. The van der Waals surface area contributed by atoms with Crippen LogP contribution in [0.15, 0.2) is 85.4 Å². The molecule has 1 aliphatic rings. The molecular weight excluding hydrogens is 326 g/mol. The molecule has 1 heteroatoms. The van der Waals surface area contributed by atoms with Crippen LogP contribution in [0.2, 0.25) is 0 Å². The summed E-state index contributed by atoms with van der Waals surface area (Å²) < 4.78 is 0. The van der Waals surface area contributed by atoms with Crippen molar-refractivity contribution in [3.63, 3.8) is 0 Å². The topological polar surface area (TPSA) is 12.0 Å². The van der Waals surface area contributed by atoms with Crippen LogP contribution in [-0.2, 0) is 12.0 Å². The molecule has 27 heavy (non-hydrogen) atoms. The van der Waals surface area contributed by atoms with Gasteiger partial charge in [0.05, 0.1) is 5.54 Å². The van der Waals surface area contributed by atoms with Gasteiger partial charge in [0, 0.05) is 11.6 Å². The maximum Gasteiger partial charge on any atom is 0.0674 e. The summed E-state index contributed by atoms with van der Waals surface area (Å²) in [5.41, 5.74) is 7.70. The number of nitrogens with one attached hydrogen (secondary N) is 1. The number of hydrogen-bond acceptors (Lipinski definition) is 1. The third kappa shape index (κ3) is 3.19.